The number of rotatable bonds is 5. The van der Waals surface area contributed by atoms with E-state index < -0.39 is 0 Å². The first-order chi connectivity index (χ1) is 7.97. The monoisotopic (exact) mass is 238 g/mol. The number of halogens is 1. The number of benzene rings is 1. The van der Waals surface area contributed by atoms with E-state index in [2.05, 4.69) is 32.7 Å². The highest BCUT2D eigenvalue weighted by atomic mass is 19.1. The van der Waals surface area contributed by atoms with Crippen molar-refractivity contribution in [1.29, 1.82) is 0 Å². The van der Waals surface area contributed by atoms with Gasteiger partial charge >= 0.3 is 0 Å². The predicted octanol–water partition coefficient (Wildman–Crippen LogP) is 2.80. The minimum Gasteiger partial charge on any atom is -0.329 e. The lowest BCUT2D eigenvalue weighted by Gasteiger charge is -2.35. The Balaban J connectivity index is 2.87. The van der Waals surface area contributed by atoms with Gasteiger partial charge in [-0.3, -0.25) is 4.90 Å². The van der Waals surface area contributed by atoms with E-state index in [1.807, 2.05) is 12.1 Å². The van der Waals surface area contributed by atoms with Crippen molar-refractivity contribution in [1.82, 2.24) is 4.90 Å². The van der Waals surface area contributed by atoms with Crippen molar-refractivity contribution in [2.75, 3.05) is 13.6 Å². The van der Waals surface area contributed by atoms with Crippen LogP contribution in [0.15, 0.2) is 24.3 Å². The van der Waals surface area contributed by atoms with E-state index in [-0.39, 0.29) is 11.9 Å². The Kier molecular flexibility index (Phi) is 5.09. The number of nitrogens with two attached hydrogens (primary N) is 1. The fourth-order valence-electron chi connectivity index (χ4n) is 1.98. The summed E-state index contributed by atoms with van der Waals surface area (Å²) >= 11 is 0. The average Bonchev–Trinajstić information content (AvgIpc) is 2.31. The summed E-state index contributed by atoms with van der Waals surface area (Å²) in [4.78, 5) is 2.26. The van der Waals surface area contributed by atoms with Crippen LogP contribution in [0, 0.1) is 11.7 Å². The molecule has 0 aliphatic rings. The van der Waals surface area contributed by atoms with Crippen molar-refractivity contribution in [2.45, 2.75) is 32.9 Å². The molecular formula is C14H23FN2. The molecule has 0 aromatic heterocycles. The van der Waals surface area contributed by atoms with Gasteiger partial charge in [0.05, 0.1) is 0 Å². The maximum atomic E-state index is 12.9. The third-order valence-corrected chi connectivity index (χ3v) is 3.58. The van der Waals surface area contributed by atoms with E-state index in [0.29, 0.717) is 18.5 Å². The largest absolute Gasteiger partial charge is 0.329 e. The average molecular weight is 238 g/mol. The van der Waals surface area contributed by atoms with Crippen molar-refractivity contribution in [3.05, 3.63) is 35.6 Å². The van der Waals surface area contributed by atoms with Gasteiger partial charge in [0.15, 0.2) is 0 Å². The van der Waals surface area contributed by atoms with Crippen LogP contribution < -0.4 is 5.73 Å². The standard InChI is InChI=1S/C14H23FN2/c1-10(2)11(3)17(4)14(9-16)12-5-7-13(15)8-6-12/h5-8,10-11,14H,9,16H2,1-4H3. The van der Waals surface area contributed by atoms with Crippen LogP contribution in [0.3, 0.4) is 0 Å². The molecule has 1 aromatic rings. The SMILES string of the molecule is CC(C)C(C)N(C)C(CN)c1ccc(F)cc1. The highest BCUT2D eigenvalue weighted by Crippen LogP contribution is 2.23. The van der Waals surface area contributed by atoms with Gasteiger partial charge < -0.3 is 5.73 Å². The quantitative estimate of drug-likeness (QED) is 0.854. The number of nitrogens with zero attached hydrogens (tertiary/aromatic N) is 1. The van der Waals surface area contributed by atoms with Crippen LogP contribution in [-0.2, 0) is 0 Å². The maximum Gasteiger partial charge on any atom is 0.123 e. The second-order valence-electron chi connectivity index (χ2n) is 4.95. The Morgan fingerprint density at radius 1 is 1.18 bits per heavy atom. The molecule has 0 aliphatic carbocycles. The van der Waals surface area contributed by atoms with Gasteiger partial charge in [0, 0.05) is 18.6 Å². The first kappa shape index (κ1) is 14.1. The summed E-state index contributed by atoms with van der Waals surface area (Å²) in [6.45, 7) is 7.12. The number of likely N-dealkylation sites (N-methyl/N-ethyl adjacent to an activating group) is 1. The van der Waals surface area contributed by atoms with Crippen molar-refractivity contribution in [3.8, 4) is 0 Å². The first-order valence-corrected chi connectivity index (χ1v) is 6.14. The first-order valence-electron chi connectivity index (χ1n) is 6.14. The Morgan fingerprint density at radius 3 is 2.12 bits per heavy atom. The Hall–Kier alpha value is -0.930. The molecule has 0 saturated heterocycles. The summed E-state index contributed by atoms with van der Waals surface area (Å²) in [5.41, 5.74) is 6.92. The molecule has 0 aliphatic heterocycles. The normalized spacial score (nSPS) is 15.3. The molecule has 3 heteroatoms. The Labute approximate surface area is 104 Å². The van der Waals surface area contributed by atoms with Crippen molar-refractivity contribution in [3.63, 3.8) is 0 Å². The fraction of sp³-hybridized carbons (Fsp3) is 0.571. The van der Waals surface area contributed by atoms with Gasteiger partial charge in [-0.2, -0.15) is 0 Å². The molecule has 0 saturated carbocycles. The summed E-state index contributed by atoms with van der Waals surface area (Å²) in [6, 6.07) is 7.20. The lowest BCUT2D eigenvalue weighted by atomic mass is 9.99. The lowest BCUT2D eigenvalue weighted by molar-refractivity contribution is 0.152. The van der Waals surface area contributed by atoms with E-state index in [1.54, 1.807) is 0 Å². The molecule has 1 rings (SSSR count). The zero-order chi connectivity index (χ0) is 13.0. The molecule has 0 spiro atoms. The molecule has 1 aromatic carbocycles. The topological polar surface area (TPSA) is 29.3 Å². The van der Waals surface area contributed by atoms with Crippen molar-refractivity contribution < 1.29 is 4.39 Å². The zero-order valence-corrected chi connectivity index (χ0v) is 11.2. The Bertz CT molecular complexity index is 335. The van der Waals surface area contributed by atoms with Crippen LogP contribution in [0.2, 0.25) is 0 Å². The predicted molar refractivity (Wildman–Crippen MR) is 70.3 cm³/mol. The second kappa shape index (κ2) is 6.12. The van der Waals surface area contributed by atoms with E-state index >= 15 is 0 Å². The molecule has 0 fully saturated rings. The van der Waals surface area contributed by atoms with Gasteiger partial charge in [0.1, 0.15) is 5.82 Å². The summed E-state index contributed by atoms with van der Waals surface area (Å²) in [7, 11) is 2.07. The summed E-state index contributed by atoms with van der Waals surface area (Å²) in [5.74, 6) is 0.360. The minimum absolute atomic E-state index is 0.146. The van der Waals surface area contributed by atoms with Crippen molar-refractivity contribution >= 4 is 0 Å². The van der Waals surface area contributed by atoms with Crippen LogP contribution >= 0.6 is 0 Å². The summed E-state index contributed by atoms with van der Waals surface area (Å²) in [6.07, 6.45) is 0. The van der Waals surface area contributed by atoms with Crippen LogP contribution in [0.4, 0.5) is 4.39 Å². The molecule has 0 amide bonds. The molecule has 2 unspecified atom stereocenters. The van der Waals surface area contributed by atoms with Crippen LogP contribution in [-0.4, -0.2) is 24.5 Å². The molecule has 2 N–H and O–H groups in total. The molecular weight excluding hydrogens is 215 g/mol. The lowest BCUT2D eigenvalue weighted by Crippen LogP contribution is -2.39. The zero-order valence-electron chi connectivity index (χ0n) is 11.2. The van der Waals surface area contributed by atoms with Gasteiger partial charge in [-0.15, -0.1) is 0 Å². The van der Waals surface area contributed by atoms with Crippen LogP contribution in [0.5, 0.6) is 0 Å². The molecule has 2 atom stereocenters. The maximum absolute atomic E-state index is 12.9. The molecule has 0 bridgehead atoms. The summed E-state index contributed by atoms with van der Waals surface area (Å²) < 4.78 is 12.9. The van der Waals surface area contributed by atoms with E-state index in [1.165, 1.54) is 12.1 Å². The summed E-state index contributed by atoms with van der Waals surface area (Å²) in [5, 5.41) is 0. The Morgan fingerprint density at radius 2 is 1.71 bits per heavy atom. The fourth-order valence-corrected chi connectivity index (χ4v) is 1.98. The van der Waals surface area contributed by atoms with Gasteiger partial charge in [0.25, 0.3) is 0 Å². The van der Waals surface area contributed by atoms with Crippen LogP contribution in [0.25, 0.3) is 0 Å². The number of hydrogen-bond acceptors (Lipinski definition) is 2. The van der Waals surface area contributed by atoms with Gasteiger partial charge in [0.2, 0.25) is 0 Å². The van der Waals surface area contributed by atoms with E-state index in [9.17, 15) is 4.39 Å². The molecule has 0 radical (unpaired) electrons. The van der Waals surface area contributed by atoms with Gasteiger partial charge in [-0.05, 0) is 37.6 Å². The highest BCUT2D eigenvalue weighted by molar-refractivity contribution is 5.20. The van der Waals surface area contributed by atoms with Gasteiger partial charge in [-0.1, -0.05) is 26.0 Å². The molecule has 2 nitrogen and oxygen atoms in total. The van der Waals surface area contributed by atoms with Gasteiger partial charge in [-0.25, -0.2) is 4.39 Å². The van der Waals surface area contributed by atoms with E-state index in [0.717, 1.165) is 5.56 Å². The molecule has 96 valence electrons. The third kappa shape index (κ3) is 3.51. The highest BCUT2D eigenvalue weighted by Gasteiger charge is 2.22. The minimum atomic E-state index is -0.205. The third-order valence-electron chi connectivity index (χ3n) is 3.58. The number of hydrogen-bond donors (Lipinski definition) is 1. The second-order valence-corrected chi connectivity index (χ2v) is 4.95. The van der Waals surface area contributed by atoms with E-state index in [4.69, 9.17) is 5.73 Å². The smallest absolute Gasteiger partial charge is 0.123 e. The molecule has 0 heterocycles. The molecule has 17 heavy (non-hydrogen) atoms. The van der Waals surface area contributed by atoms with Crippen molar-refractivity contribution in [2.24, 2.45) is 11.7 Å². The van der Waals surface area contributed by atoms with Crippen LogP contribution in [0.1, 0.15) is 32.4 Å².